The van der Waals surface area contributed by atoms with Gasteiger partial charge in [0, 0.05) is 0 Å². The van der Waals surface area contributed by atoms with Gasteiger partial charge >= 0.3 is 0 Å². The molecule has 0 unspecified atom stereocenters. The van der Waals surface area contributed by atoms with E-state index in [1.54, 1.807) is 7.11 Å². The van der Waals surface area contributed by atoms with Crippen LogP contribution in [0.4, 0.5) is 0 Å². The molecule has 0 bridgehead atoms. The normalized spacial score (nSPS) is 22.3. The highest BCUT2D eigenvalue weighted by Crippen LogP contribution is 2.18. The summed E-state index contributed by atoms with van der Waals surface area (Å²) in [6, 6.07) is 0.736. The molecule has 0 aromatic carbocycles. The van der Waals surface area contributed by atoms with E-state index in [1.807, 2.05) is 0 Å². The number of hydrogen-bond donors (Lipinski definition) is 1. The summed E-state index contributed by atoms with van der Waals surface area (Å²) < 4.78 is 4.91. The lowest BCUT2D eigenvalue weighted by atomic mass is 9.98. The van der Waals surface area contributed by atoms with Crippen LogP contribution in [0.15, 0.2) is 4.99 Å². The second kappa shape index (κ2) is 7.55. The molecule has 0 aliphatic heterocycles. The highest BCUT2D eigenvalue weighted by atomic mass is 16.5. The van der Waals surface area contributed by atoms with Gasteiger partial charge in [-0.2, -0.15) is 0 Å². The Hall–Kier alpha value is -0.730. The molecule has 0 saturated heterocycles. The maximum absolute atomic E-state index is 5.59. The maximum Gasteiger partial charge on any atom is 0.281 e. The van der Waals surface area contributed by atoms with Crippen molar-refractivity contribution in [2.24, 2.45) is 10.7 Å². The van der Waals surface area contributed by atoms with Crippen molar-refractivity contribution >= 4 is 6.02 Å². The molecule has 88 valence electrons. The molecule has 2 N–H and O–H groups in total. The highest BCUT2D eigenvalue weighted by molar-refractivity contribution is 5.71. The number of ether oxygens (including phenoxy) is 1. The molecule has 1 aliphatic carbocycles. The lowest BCUT2D eigenvalue weighted by Gasteiger charge is -2.14. The lowest BCUT2D eigenvalue weighted by molar-refractivity contribution is 0.382. The number of nitrogens with two attached hydrogens (primary N) is 1. The highest BCUT2D eigenvalue weighted by Gasteiger charge is 2.09. The van der Waals surface area contributed by atoms with Gasteiger partial charge in [0.05, 0.1) is 13.2 Å². The number of aliphatic imine (C=N–C) groups is 1. The molecular formula is C12H24N2O. The topological polar surface area (TPSA) is 47.6 Å². The van der Waals surface area contributed by atoms with Crippen molar-refractivity contribution in [1.29, 1.82) is 0 Å². The fraction of sp³-hybridized carbons (Fsp3) is 0.917. The zero-order chi connectivity index (χ0) is 10.9. The van der Waals surface area contributed by atoms with Gasteiger partial charge in [-0.3, -0.25) is 0 Å². The first-order valence-corrected chi connectivity index (χ1v) is 6.20. The van der Waals surface area contributed by atoms with Crippen LogP contribution in [0.2, 0.25) is 0 Å². The average molecular weight is 212 g/mol. The molecule has 0 atom stereocenters. The van der Waals surface area contributed by atoms with Gasteiger partial charge in [0.25, 0.3) is 6.02 Å². The quantitative estimate of drug-likeness (QED) is 0.536. The number of hydrogen-bond acceptors (Lipinski definition) is 2. The van der Waals surface area contributed by atoms with E-state index in [4.69, 9.17) is 10.5 Å². The number of rotatable bonds is 1. The molecule has 1 fully saturated rings. The van der Waals surface area contributed by atoms with Crippen LogP contribution in [0.25, 0.3) is 0 Å². The van der Waals surface area contributed by atoms with Crippen LogP contribution in [-0.4, -0.2) is 19.2 Å². The van der Waals surface area contributed by atoms with Crippen molar-refractivity contribution in [1.82, 2.24) is 0 Å². The summed E-state index contributed by atoms with van der Waals surface area (Å²) in [7, 11) is 1.58. The molecule has 15 heavy (non-hydrogen) atoms. The van der Waals surface area contributed by atoms with Crippen molar-refractivity contribution in [3.8, 4) is 0 Å². The SMILES string of the molecule is COC(N)=NC1CCCCCCCCC1. The Kier molecular flexibility index (Phi) is 6.21. The van der Waals surface area contributed by atoms with Gasteiger partial charge in [0.2, 0.25) is 0 Å². The van der Waals surface area contributed by atoms with E-state index >= 15 is 0 Å². The summed E-state index contributed by atoms with van der Waals surface area (Å²) in [6.45, 7) is 0. The van der Waals surface area contributed by atoms with E-state index in [0.717, 1.165) is 0 Å². The molecule has 0 radical (unpaired) electrons. The monoisotopic (exact) mass is 212 g/mol. The van der Waals surface area contributed by atoms with E-state index in [0.29, 0.717) is 12.1 Å². The van der Waals surface area contributed by atoms with Crippen LogP contribution in [0.5, 0.6) is 0 Å². The molecular weight excluding hydrogens is 188 g/mol. The van der Waals surface area contributed by atoms with Gasteiger partial charge in [-0.05, 0) is 12.8 Å². The van der Waals surface area contributed by atoms with Crippen LogP contribution >= 0.6 is 0 Å². The number of methoxy groups -OCH3 is 1. The van der Waals surface area contributed by atoms with Gasteiger partial charge in [0.15, 0.2) is 0 Å². The first kappa shape index (κ1) is 12.3. The van der Waals surface area contributed by atoms with Crippen molar-refractivity contribution in [2.45, 2.75) is 63.8 Å². The fourth-order valence-corrected chi connectivity index (χ4v) is 2.15. The molecule has 3 heteroatoms. The second-order valence-electron chi connectivity index (χ2n) is 4.38. The van der Waals surface area contributed by atoms with Crippen molar-refractivity contribution < 1.29 is 4.74 Å². The standard InChI is InChI=1S/C12H24N2O/c1-15-12(13)14-11-9-7-5-3-2-4-6-8-10-11/h11H,2-10H2,1H3,(H2,13,14). The minimum atomic E-state index is 0.344. The Morgan fingerprint density at radius 2 is 1.47 bits per heavy atom. The molecule has 0 spiro atoms. The molecule has 3 nitrogen and oxygen atoms in total. The predicted octanol–water partition coefficient (Wildman–Crippen LogP) is 2.84. The van der Waals surface area contributed by atoms with E-state index in [-0.39, 0.29) is 0 Å². The van der Waals surface area contributed by atoms with Crippen LogP contribution < -0.4 is 5.73 Å². The van der Waals surface area contributed by atoms with Gasteiger partial charge in [-0.15, -0.1) is 0 Å². The summed E-state index contributed by atoms with van der Waals surface area (Å²) in [5.74, 6) is 0. The number of nitrogens with zero attached hydrogens (tertiary/aromatic N) is 1. The summed E-state index contributed by atoms with van der Waals surface area (Å²) in [5.41, 5.74) is 5.59. The van der Waals surface area contributed by atoms with Crippen LogP contribution in [0.1, 0.15) is 57.8 Å². The third-order valence-electron chi connectivity index (χ3n) is 3.09. The van der Waals surface area contributed by atoms with Gasteiger partial charge < -0.3 is 10.5 Å². The molecule has 0 aromatic heterocycles. The summed E-state index contributed by atoms with van der Waals surface area (Å²) in [6.07, 6.45) is 11.8. The Morgan fingerprint density at radius 1 is 1.00 bits per heavy atom. The smallest absolute Gasteiger partial charge is 0.281 e. The van der Waals surface area contributed by atoms with Crippen LogP contribution in [-0.2, 0) is 4.74 Å². The first-order valence-electron chi connectivity index (χ1n) is 6.20. The third kappa shape index (κ3) is 5.65. The second-order valence-corrected chi connectivity index (χ2v) is 4.38. The Morgan fingerprint density at radius 3 is 1.93 bits per heavy atom. The molecule has 1 aliphatic rings. The molecule has 0 aromatic rings. The van der Waals surface area contributed by atoms with E-state index in [9.17, 15) is 0 Å². The summed E-state index contributed by atoms with van der Waals surface area (Å²) >= 11 is 0. The molecule has 1 saturated carbocycles. The minimum Gasteiger partial charge on any atom is -0.469 e. The van der Waals surface area contributed by atoms with E-state index in [1.165, 1.54) is 57.8 Å². The molecule has 1 rings (SSSR count). The third-order valence-corrected chi connectivity index (χ3v) is 3.09. The number of amidine groups is 1. The molecule has 0 heterocycles. The average Bonchev–Trinajstić information content (AvgIpc) is 2.27. The van der Waals surface area contributed by atoms with Crippen molar-refractivity contribution in [2.75, 3.05) is 7.11 Å². The Bertz CT molecular complexity index is 182. The van der Waals surface area contributed by atoms with Crippen LogP contribution in [0, 0.1) is 0 Å². The summed E-state index contributed by atoms with van der Waals surface area (Å²) in [4.78, 5) is 4.40. The minimum absolute atomic E-state index is 0.344. The Labute approximate surface area is 93.1 Å². The zero-order valence-electron chi connectivity index (χ0n) is 9.87. The fourth-order valence-electron chi connectivity index (χ4n) is 2.15. The van der Waals surface area contributed by atoms with Gasteiger partial charge in [-0.1, -0.05) is 44.9 Å². The largest absolute Gasteiger partial charge is 0.469 e. The van der Waals surface area contributed by atoms with Gasteiger partial charge in [-0.25, -0.2) is 4.99 Å². The van der Waals surface area contributed by atoms with Crippen molar-refractivity contribution in [3.63, 3.8) is 0 Å². The van der Waals surface area contributed by atoms with E-state index < -0.39 is 0 Å². The van der Waals surface area contributed by atoms with Crippen LogP contribution in [0.3, 0.4) is 0 Å². The lowest BCUT2D eigenvalue weighted by Crippen LogP contribution is -2.18. The zero-order valence-corrected chi connectivity index (χ0v) is 9.87. The predicted molar refractivity (Wildman–Crippen MR) is 64.0 cm³/mol. The van der Waals surface area contributed by atoms with Gasteiger partial charge in [0.1, 0.15) is 0 Å². The Balaban J connectivity index is 2.37. The maximum atomic E-state index is 5.59. The summed E-state index contributed by atoms with van der Waals surface area (Å²) in [5, 5.41) is 0. The molecule has 0 amide bonds. The first-order chi connectivity index (χ1) is 7.33. The van der Waals surface area contributed by atoms with E-state index in [2.05, 4.69) is 4.99 Å². The van der Waals surface area contributed by atoms with Crippen molar-refractivity contribution in [3.05, 3.63) is 0 Å².